The van der Waals surface area contributed by atoms with E-state index in [1.807, 2.05) is 0 Å². The van der Waals surface area contributed by atoms with Crippen molar-refractivity contribution in [3.05, 3.63) is 28.3 Å². The van der Waals surface area contributed by atoms with Gasteiger partial charge in [0, 0.05) is 36.1 Å². The van der Waals surface area contributed by atoms with E-state index < -0.39 is 0 Å². The first-order valence-corrected chi connectivity index (χ1v) is 8.54. The van der Waals surface area contributed by atoms with Gasteiger partial charge in [0.05, 0.1) is 6.61 Å². The maximum Gasteiger partial charge on any atom is 0.127 e. The fourth-order valence-corrected chi connectivity index (χ4v) is 3.76. The maximum absolute atomic E-state index is 6.28. The molecule has 1 fully saturated rings. The second kappa shape index (κ2) is 6.99. The van der Waals surface area contributed by atoms with E-state index in [9.17, 15) is 0 Å². The molecule has 0 radical (unpaired) electrons. The molecule has 2 heterocycles. The molecule has 1 N–H and O–H groups in total. The molecule has 0 spiro atoms. The molecule has 3 nitrogen and oxygen atoms in total. The van der Waals surface area contributed by atoms with Crippen molar-refractivity contribution < 1.29 is 4.74 Å². The SMILES string of the molecule is CCNCC1CCCCN1Cc1cc(Cl)cc2c1OCC2. The Labute approximate surface area is 132 Å². The van der Waals surface area contributed by atoms with Gasteiger partial charge in [0.2, 0.25) is 0 Å². The molecule has 0 amide bonds. The fourth-order valence-electron chi connectivity index (χ4n) is 3.49. The molecule has 0 saturated carbocycles. The van der Waals surface area contributed by atoms with E-state index in [0.29, 0.717) is 6.04 Å². The smallest absolute Gasteiger partial charge is 0.127 e. The zero-order chi connectivity index (χ0) is 14.7. The van der Waals surface area contributed by atoms with E-state index in [1.54, 1.807) is 0 Å². The van der Waals surface area contributed by atoms with Gasteiger partial charge >= 0.3 is 0 Å². The zero-order valence-corrected chi connectivity index (χ0v) is 13.6. The molecule has 3 rings (SSSR count). The standard InChI is InChI=1S/C17H25ClN2O/c1-2-19-11-16-5-3-4-7-20(16)12-14-10-15(18)9-13-6-8-21-17(13)14/h9-10,16,19H,2-8,11-12H2,1H3. The summed E-state index contributed by atoms with van der Waals surface area (Å²) in [6.07, 6.45) is 4.92. The molecule has 0 aromatic heterocycles. The van der Waals surface area contributed by atoms with Crippen molar-refractivity contribution in [2.75, 3.05) is 26.2 Å². The highest BCUT2D eigenvalue weighted by molar-refractivity contribution is 6.30. The Bertz CT molecular complexity index is 492. The van der Waals surface area contributed by atoms with E-state index in [2.05, 4.69) is 29.3 Å². The van der Waals surface area contributed by atoms with Crippen LogP contribution >= 0.6 is 11.6 Å². The van der Waals surface area contributed by atoms with Crippen LogP contribution in [0.5, 0.6) is 5.75 Å². The number of fused-ring (bicyclic) bond motifs is 1. The lowest BCUT2D eigenvalue weighted by Gasteiger charge is -2.36. The summed E-state index contributed by atoms with van der Waals surface area (Å²) in [7, 11) is 0. The Morgan fingerprint density at radius 2 is 2.29 bits per heavy atom. The van der Waals surface area contributed by atoms with Crippen LogP contribution in [0.25, 0.3) is 0 Å². The Hall–Kier alpha value is -0.770. The van der Waals surface area contributed by atoms with Crippen LogP contribution in [-0.2, 0) is 13.0 Å². The van der Waals surface area contributed by atoms with Crippen molar-refractivity contribution in [3.8, 4) is 5.75 Å². The Morgan fingerprint density at radius 3 is 3.14 bits per heavy atom. The zero-order valence-electron chi connectivity index (χ0n) is 12.8. The lowest BCUT2D eigenvalue weighted by atomic mass is 10.00. The van der Waals surface area contributed by atoms with Crippen LogP contribution in [0.4, 0.5) is 0 Å². The minimum absolute atomic E-state index is 0.634. The number of nitrogens with zero attached hydrogens (tertiary/aromatic N) is 1. The minimum Gasteiger partial charge on any atom is -0.493 e. The molecule has 0 aliphatic carbocycles. The van der Waals surface area contributed by atoms with Gasteiger partial charge in [0.1, 0.15) is 5.75 Å². The normalized spacial score (nSPS) is 22.1. The highest BCUT2D eigenvalue weighted by Crippen LogP contribution is 2.34. The molecule has 1 unspecified atom stereocenters. The molecule has 1 saturated heterocycles. The number of benzene rings is 1. The summed E-state index contributed by atoms with van der Waals surface area (Å²) < 4.78 is 5.84. The van der Waals surface area contributed by atoms with Crippen LogP contribution in [0.2, 0.25) is 5.02 Å². The van der Waals surface area contributed by atoms with Gasteiger partial charge in [-0.3, -0.25) is 4.90 Å². The molecular formula is C17H25ClN2O. The number of ether oxygens (including phenoxy) is 1. The van der Waals surface area contributed by atoms with Crippen LogP contribution in [0, 0.1) is 0 Å². The number of hydrogen-bond acceptors (Lipinski definition) is 3. The second-order valence-electron chi connectivity index (χ2n) is 6.08. The van der Waals surface area contributed by atoms with Crippen molar-refractivity contribution in [2.45, 2.75) is 45.2 Å². The highest BCUT2D eigenvalue weighted by Gasteiger charge is 2.25. The van der Waals surface area contributed by atoms with Gasteiger partial charge in [-0.1, -0.05) is 24.9 Å². The third-order valence-corrected chi connectivity index (χ3v) is 4.80. The summed E-state index contributed by atoms with van der Waals surface area (Å²) in [6, 6.07) is 4.78. The van der Waals surface area contributed by atoms with Crippen LogP contribution in [-0.4, -0.2) is 37.2 Å². The number of rotatable bonds is 5. The Morgan fingerprint density at radius 1 is 1.38 bits per heavy atom. The summed E-state index contributed by atoms with van der Waals surface area (Å²) in [5.74, 6) is 1.09. The molecule has 2 aliphatic heterocycles. The van der Waals surface area contributed by atoms with Gasteiger partial charge in [0.15, 0.2) is 0 Å². The highest BCUT2D eigenvalue weighted by atomic mass is 35.5. The lowest BCUT2D eigenvalue weighted by Crippen LogP contribution is -2.45. The second-order valence-corrected chi connectivity index (χ2v) is 6.52. The van der Waals surface area contributed by atoms with Gasteiger partial charge < -0.3 is 10.1 Å². The fraction of sp³-hybridized carbons (Fsp3) is 0.647. The number of halogens is 1. The van der Waals surface area contributed by atoms with Gasteiger partial charge in [-0.15, -0.1) is 0 Å². The van der Waals surface area contributed by atoms with Gasteiger partial charge in [-0.25, -0.2) is 0 Å². The molecule has 116 valence electrons. The average Bonchev–Trinajstić information content (AvgIpc) is 2.94. The van der Waals surface area contributed by atoms with Crippen LogP contribution < -0.4 is 10.1 Å². The summed E-state index contributed by atoms with van der Waals surface area (Å²) in [4.78, 5) is 2.60. The van der Waals surface area contributed by atoms with Gasteiger partial charge in [-0.2, -0.15) is 0 Å². The largest absolute Gasteiger partial charge is 0.493 e. The topological polar surface area (TPSA) is 24.5 Å². The molecule has 2 aliphatic rings. The van der Waals surface area contributed by atoms with E-state index in [1.165, 1.54) is 36.9 Å². The summed E-state index contributed by atoms with van der Waals surface area (Å²) in [6.45, 7) is 7.23. The van der Waals surface area contributed by atoms with Gasteiger partial charge in [-0.05, 0) is 43.6 Å². The van der Waals surface area contributed by atoms with Crippen molar-refractivity contribution in [1.82, 2.24) is 10.2 Å². The van der Waals surface area contributed by atoms with Gasteiger partial charge in [0.25, 0.3) is 0 Å². The lowest BCUT2D eigenvalue weighted by molar-refractivity contribution is 0.136. The third kappa shape index (κ3) is 3.53. The van der Waals surface area contributed by atoms with Crippen molar-refractivity contribution >= 4 is 11.6 Å². The molecular weight excluding hydrogens is 284 g/mol. The molecule has 4 heteroatoms. The number of hydrogen-bond donors (Lipinski definition) is 1. The monoisotopic (exact) mass is 308 g/mol. The quantitative estimate of drug-likeness (QED) is 0.904. The van der Waals surface area contributed by atoms with Crippen molar-refractivity contribution in [2.24, 2.45) is 0 Å². The summed E-state index contributed by atoms with van der Waals surface area (Å²) >= 11 is 6.28. The van der Waals surface area contributed by atoms with Crippen LogP contribution in [0.3, 0.4) is 0 Å². The summed E-state index contributed by atoms with van der Waals surface area (Å²) in [5.41, 5.74) is 2.54. The van der Waals surface area contributed by atoms with E-state index in [-0.39, 0.29) is 0 Å². The van der Waals surface area contributed by atoms with E-state index >= 15 is 0 Å². The third-order valence-electron chi connectivity index (χ3n) is 4.58. The van der Waals surface area contributed by atoms with Crippen molar-refractivity contribution in [3.63, 3.8) is 0 Å². The Kier molecular flexibility index (Phi) is 5.04. The number of likely N-dealkylation sites (N-methyl/N-ethyl adjacent to an activating group) is 1. The maximum atomic E-state index is 6.28. The first-order valence-electron chi connectivity index (χ1n) is 8.16. The predicted octanol–water partition coefficient (Wildman–Crippen LogP) is 3.24. The molecule has 1 atom stereocenters. The summed E-state index contributed by atoms with van der Waals surface area (Å²) in [5, 5.41) is 4.34. The van der Waals surface area contributed by atoms with Crippen LogP contribution in [0.15, 0.2) is 12.1 Å². The number of likely N-dealkylation sites (tertiary alicyclic amines) is 1. The molecule has 21 heavy (non-hydrogen) atoms. The molecule has 1 aromatic rings. The average molecular weight is 309 g/mol. The first kappa shape index (κ1) is 15.1. The first-order chi connectivity index (χ1) is 10.3. The Balaban J connectivity index is 1.75. The number of piperidine rings is 1. The predicted molar refractivity (Wildman–Crippen MR) is 87.2 cm³/mol. The molecule has 1 aromatic carbocycles. The van der Waals surface area contributed by atoms with Crippen molar-refractivity contribution in [1.29, 1.82) is 0 Å². The number of nitrogens with one attached hydrogen (secondary N) is 1. The van der Waals surface area contributed by atoms with E-state index in [0.717, 1.165) is 43.4 Å². The minimum atomic E-state index is 0.634. The van der Waals surface area contributed by atoms with E-state index in [4.69, 9.17) is 16.3 Å². The van der Waals surface area contributed by atoms with Crippen LogP contribution in [0.1, 0.15) is 37.3 Å². The molecule has 0 bridgehead atoms.